The maximum Gasteiger partial charge on any atom is 0.273 e. The molecule has 0 spiro atoms. The van der Waals surface area contributed by atoms with Crippen molar-refractivity contribution < 1.29 is 14.0 Å². The first-order valence-corrected chi connectivity index (χ1v) is 9.08. The highest BCUT2D eigenvalue weighted by Crippen LogP contribution is 2.20. The minimum atomic E-state index is -0.485. The van der Waals surface area contributed by atoms with Crippen molar-refractivity contribution in [3.63, 3.8) is 0 Å². The summed E-state index contributed by atoms with van der Waals surface area (Å²) in [7, 11) is 0. The van der Waals surface area contributed by atoms with Crippen LogP contribution >= 0.6 is 15.9 Å². The molecule has 0 aliphatic carbocycles. The van der Waals surface area contributed by atoms with Crippen LogP contribution in [0.5, 0.6) is 0 Å². The molecule has 0 atom stereocenters. The number of hydrogen-bond acceptors (Lipinski definition) is 3. The molecule has 0 aliphatic rings. The number of amides is 2. The number of carbonyl (C=O) groups excluding carboxylic acids is 2. The van der Waals surface area contributed by atoms with Gasteiger partial charge in [0.2, 0.25) is 0 Å². The number of para-hydroxylation sites is 1. The molecule has 0 bridgehead atoms. The summed E-state index contributed by atoms with van der Waals surface area (Å²) in [5.41, 5.74) is 4.11. The van der Waals surface area contributed by atoms with Crippen LogP contribution in [0.1, 0.15) is 26.3 Å². The van der Waals surface area contributed by atoms with Crippen LogP contribution in [0.4, 0.5) is 10.1 Å². The number of carbonyl (C=O) groups is 2. The van der Waals surface area contributed by atoms with Gasteiger partial charge in [-0.15, -0.1) is 0 Å². The predicted molar refractivity (Wildman–Crippen MR) is 110 cm³/mol. The molecule has 3 aromatic carbocycles. The average molecular weight is 440 g/mol. The van der Waals surface area contributed by atoms with E-state index in [4.69, 9.17) is 0 Å². The standard InChI is InChI=1S/C21H15BrFN3O2/c22-18-7-3-1-5-16(18)20(27)25-19-8-4-2-6-17(19)21(28)26-24-13-14-9-11-15(23)12-10-14/h1-13H,(H,25,27)(H,26,28)/b24-13+. The highest BCUT2D eigenvalue weighted by Gasteiger charge is 2.15. The molecule has 28 heavy (non-hydrogen) atoms. The van der Waals surface area contributed by atoms with Crippen molar-refractivity contribution in [3.8, 4) is 0 Å². The largest absolute Gasteiger partial charge is 0.321 e. The Balaban J connectivity index is 1.72. The lowest BCUT2D eigenvalue weighted by atomic mass is 10.1. The van der Waals surface area contributed by atoms with Gasteiger partial charge in [-0.25, -0.2) is 9.82 Å². The Labute approximate surface area is 169 Å². The fourth-order valence-corrected chi connectivity index (χ4v) is 2.86. The number of anilines is 1. The molecule has 0 heterocycles. The van der Waals surface area contributed by atoms with Gasteiger partial charge in [0.25, 0.3) is 11.8 Å². The third-order valence-corrected chi connectivity index (χ3v) is 4.48. The Kier molecular flexibility index (Phi) is 6.29. The highest BCUT2D eigenvalue weighted by atomic mass is 79.9. The molecule has 0 radical (unpaired) electrons. The molecule has 3 aromatic rings. The molecule has 0 aromatic heterocycles. The first kappa shape index (κ1) is 19.4. The van der Waals surface area contributed by atoms with E-state index in [2.05, 4.69) is 31.8 Å². The fraction of sp³-hybridized carbons (Fsp3) is 0. The van der Waals surface area contributed by atoms with Crippen LogP contribution in [0.2, 0.25) is 0 Å². The number of nitrogens with one attached hydrogen (secondary N) is 2. The number of benzene rings is 3. The molecule has 7 heteroatoms. The Bertz CT molecular complexity index is 1040. The van der Waals surface area contributed by atoms with Gasteiger partial charge in [-0.2, -0.15) is 5.10 Å². The van der Waals surface area contributed by atoms with Gasteiger partial charge in [0, 0.05) is 4.47 Å². The van der Waals surface area contributed by atoms with E-state index in [0.717, 1.165) is 0 Å². The van der Waals surface area contributed by atoms with Crippen molar-refractivity contribution in [2.45, 2.75) is 0 Å². The summed E-state index contributed by atoms with van der Waals surface area (Å²) in [6.07, 6.45) is 1.40. The van der Waals surface area contributed by atoms with Gasteiger partial charge < -0.3 is 5.32 Å². The molecule has 0 saturated carbocycles. The number of nitrogens with zero attached hydrogens (tertiary/aromatic N) is 1. The Morgan fingerprint density at radius 2 is 1.50 bits per heavy atom. The number of hydrazone groups is 1. The maximum atomic E-state index is 12.9. The van der Waals surface area contributed by atoms with E-state index in [9.17, 15) is 14.0 Å². The fourth-order valence-electron chi connectivity index (χ4n) is 2.40. The van der Waals surface area contributed by atoms with Crippen molar-refractivity contribution in [1.29, 1.82) is 0 Å². The van der Waals surface area contributed by atoms with E-state index in [-0.39, 0.29) is 17.3 Å². The van der Waals surface area contributed by atoms with Crippen LogP contribution in [0.25, 0.3) is 0 Å². The van der Waals surface area contributed by atoms with Crippen LogP contribution in [-0.2, 0) is 0 Å². The second-order valence-corrected chi connectivity index (χ2v) is 6.58. The van der Waals surface area contributed by atoms with Gasteiger partial charge in [-0.05, 0) is 57.9 Å². The van der Waals surface area contributed by atoms with E-state index in [1.165, 1.54) is 30.5 Å². The van der Waals surface area contributed by atoms with E-state index >= 15 is 0 Å². The SMILES string of the molecule is O=C(Nc1ccccc1C(=O)N/N=C/c1ccc(F)cc1)c1ccccc1Br. The summed E-state index contributed by atoms with van der Waals surface area (Å²) in [6.45, 7) is 0. The van der Waals surface area contributed by atoms with Gasteiger partial charge in [0.05, 0.1) is 23.0 Å². The number of rotatable bonds is 5. The maximum absolute atomic E-state index is 12.9. The molecular formula is C21H15BrFN3O2. The van der Waals surface area contributed by atoms with Gasteiger partial charge >= 0.3 is 0 Å². The minimum absolute atomic E-state index is 0.263. The van der Waals surface area contributed by atoms with Crippen molar-refractivity contribution in [1.82, 2.24) is 5.43 Å². The average Bonchev–Trinajstić information content (AvgIpc) is 2.70. The van der Waals surface area contributed by atoms with E-state index in [1.807, 2.05) is 0 Å². The third kappa shape index (κ3) is 4.89. The predicted octanol–water partition coefficient (Wildman–Crippen LogP) is 4.60. The van der Waals surface area contributed by atoms with Crippen LogP contribution < -0.4 is 10.7 Å². The summed E-state index contributed by atoms with van der Waals surface area (Å²) < 4.78 is 13.6. The Morgan fingerprint density at radius 3 is 2.21 bits per heavy atom. The lowest BCUT2D eigenvalue weighted by Crippen LogP contribution is -2.21. The zero-order valence-corrected chi connectivity index (χ0v) is 16.1. The van der Waals surface area contributed by atoms with Gasteiger partial charge in [-0.1, -0.05) is 36.4 Å². The summed E-state index contributed by atoms with van der Waals surface area (Å²) in [5, 5.41) is 6.61. The molecule has 2 N–H and O–H groups in total. The summed E-state index contributed by atoms with van der Waals surface area (Å²) in [5.74, 6) is -1.18. The summed E-state index contributed by atoms with van der Waals surface area (Å²) in [4.78, 5) is 25.0. The summed E-state index contributed by atoms with van der Waals surface area (Å²) in [6, 6.07) is 19.3. The Morgan fingerprint density at radius 1 is 0.857 bits per heavy atom. The van der Waals surface area contributed by atoms with Crippen LogP contribution in [0, 0.1) is 5.82 Å². The monoisotopic (exact) mass is 439 g/mol. The van der Waals surface area contributed by atoms with Gasteiger partial charge in [0.1, 0.15) is 5.82 Å². The van der Waals surface area contributed by atoms with Crippen molar-refractivity contribution in [3.05, 3.63) is 99.8 Å². The van der Waals surface area contributed by atoms with Gasteiger partial charge in [0.15, 0.2) is 0 Å². The topological polar surface area (TPSA) is 70.6 Å². The summed E-state index contributed by atoms with van der Waals surface area (Å²) >= 11 is 3.34. The van der Waals surface area contributed by atoms with Crippen LogP contribution in [-0.4, -0.2) is 18.0 Å². The zero-order valence-electron chi connectivity index (χ0n) is 14.5. The molecule has 140 valence electrons. The van der Waals surface area contributed by atoms with E-state index < -0.39 is 5.91 Å². The van der Waals surface area contributed by atoms with Crippen molar-refractivity contribution in [2.75, 3.05) is 5.32 Å². The molecule has 5 nitrogen and oxygen atoms in total. The molecule has 2 amide bonds. The second kappa shape index (κ2) is 9.05. The molecule has 0 aliphatic heterocycles. The van der Waals surface area contributed by atoms with Crippen LogP contribution in [0.15, 0.2) is 82.4 Å². The molecule has 3 rings (SSSR count). The smallest absolute Gasteiger partial charge is 0.273 e. The minimum Gasteiger partial charge on any atom is -0.321 e. The normalized spacial score (nSPS) is 10.6. The number of halogens is 2. The lowest BCUT2D eigenvalue weighted by molar-refractivity contribution is 0.0956. The van der Waals surface area contributed by atoms with Crippen molar-refractivity contribution >= 4 is 39.6 Å². The van der Waals surface area contributed by atoms with Crippen molar-refractivity contribution in [2.24, 2.45) is 5.10 Å². The second-order valence-electron chi connectivity index (χ2n) is 5.73. The lowest BCUT2D eigenvalue weighted by Gasteiger charge is -2.10. The molecule has 0 fully saturated rings. The highest BCUT2D eigenvalue weighted by molar-refractivity contribution is 9.10. The zero-order chi connectivity index (χ0) is 19.9. The Hall–Kier alpha value is -3.32. The quantitative estimate of drug-likeness (QED) is 0.450. The molecule has 0 saturated heterocycles. The molecular weight excluding hydrogens is 425 g/mol. The first-order valence-electron chi connectivity index (χ1n) is 8.28. The first-order chi connectivity index (χ1) is 13.5. The van der Waals surface area contributed by atoms with Gasteiger partial charge in [-0.3, -0.25) is 9.59 Å². The van der Waals surface area contributed by atoms with E-state index in [1.54, 1.807) is 48.5 Å². The molecule has 0 unspecified atom stereocenters. The van der Waals surface area contributed by atoms with E-state index in [0.29, 0.717) is 21.3 Å². The van der Waals surface area contributed by atoms with Crippen LogP contribution in [0.3, 0.4) is 0 Å². The third-order valence-electron chi connectivity index (χ3n) is 3.79. The number of hydrogen-bond donors (Lipinski definition) is 2.